The minimum Gasteiger partial charge on any atom is -0.493 e. The number of hydrogen-bond donors (Lipinski definition) is 2. The summed E-state index contributed by atoms with van der Waals surface area (Å²) in [5.41, 5.74) is 3.04. The van der Waals surface area contributed by atoms with Crippen molar-refractivity contribution >= 4 is 45.3 Å². The van der Waals surface area contributed by atoms with Gasteiger partial charge in [-0.15, -0.1) is 0 Å². The van der Waals surface area contributed by atoms with Crippen LogP contribution in [0.3, 0.4) is 0 Å². The Bertz CT molecular complexity index is 1880. The highest BCUT2D eigenvalue weighted by molar-refractivity contribution is 5.99. The molecule has 2 N–H and O–H groups in total. The van der Waals surface area contributed by atoms with Crippen LogP contribution in [0, 0.1) is 5.92 Å². The number of piperidine rings is 1. The number of H-pyrrole nitrogens is 1. The van der Waals surface area contributed by atoms with E-state index in [2.05, 4.69) is 15.2 Å². The van der Waals surface area contributed by atoms with Crippen LogP contribution in [0.1, 0.15) is 48.0 Å². The number of amides is 3. The molecule has 2 aromatic heterocycles. The summed E-state index contributed by atoms with van der Waals surface area (Å²) in [7, 11) is 6.33. The van der Waals surface area contributed by atoms with Crippen LogP contribution < -0.4 is 24.4 Å². The number of anilines is 1. The van der Waals surface area contributed by atoms with Gasteiger partial charge in [0.1, 0.15) is 5.82 Å². The molecule has 3 amide bonds. The van der Waals surface area contributed by atoms with Crippen LogP contribution in [0.4, 0.5) is 5.82 Å². The Morgan fingerprint density at radius 3 is 2.47 bits per heavy atom. The second-order valence-corrected chi connectivity index (χ2v) is 13.2. The Morgan fingerprint density at radius 1 is 0.902 bits per heavy atom. The predicted molar refractivity (Wildman–Crippen MR) is 195 cm³/mol. The number of aromatic amines is 1. The van der Waals surface area contributed by atoms with E-state index in [1.54, 1.807) is 39.4 Å². The van der Waals surface area contributed by atoms with Crippen molar-refractivity contribution in [3.05, 3.63) is 53.7 Å². The molecular weight excluding hydrogens is 652 g/mol. The Kier molecular flexibility index (Phi) is 11.4. The summed E-state index contributed by atoms with van der Waals surface area (Å²) < 4.78 is 22.4. The largest absolute Gasteiger partial charge is 0.493 e. The number of hydrogen-bond acceptors (Lipinski definition) is 9. The lowest BCUT2D eigenvalue weighted by Gasteiger charge is -2.36. The number of carbonyl (C=O) groups excluding carboxylic acids is 3. The van der Waals surface area contributed by atoms with Crippen molar-refractivity contribution in [1.29, 1.82) is 0 Å². The number of rotatable bonds is 7. The highest BCUT2D eigenvalue weighted by Gasteiger charge is 2.28. The molecule has 1 unspecified atom stereocenters. The van der Waals surface area contributed by atoms with Gasteiger partial charge in [-0.2, -0.15) is 0 Å². The number of aromatic nitrogens is 2. The first-order valence-electron chi connectivity index (χ1n) is 17.6. The molecule has 4 aromatic rings. The molecule has 1 fully saturated rings. The van der Waals surface area contributed by atoms with Crippen molar-refractivity contribution < 1.29 is 33.3 Å². The molecule has 2 aliphatic heterocycles. The highest BCUT2D eigenvalue weighted by atomic mass is 16.5. The van der Waals surface area contributed by atoms with Gasteiger partial charge in [0.15, 0.2) is 11.5 Å². The van der Waals surface area contributed by atoms with Gasteiger partial charge < -0.3 is 43.9 Å². The molecule has 0 spiro atoms. The Labute approximate surface area is 298 Å². The average molecular weight is 701 g/mol. The van der Waals surface area contributed by atoms with Gasteiger partial charge >= 0.3 is 0 Å². The molecule has 1 saturated heterocycles. The molecule has 13 heteroatoms. The van der Waals surface area contributed by atoms with E-state index >= 15 is 0 Å². The number of nitrogens with zero attached hydrogens (tertiary/aromatic N) is 4. The molecule has 0 radical (unpaired) electrons. The fourth-order valence-corrected chi connectivity index (χ4v) is 7.20. The van der Waals surface area contributed by atoms with Crippen LogP contribution in [0.15, 0.2) is 42.6 Å². The number of pyridine rings is 1. The van der Waals surface area contributed by atoms with Crippen molar-refractivity contribution in [3.8, 4) is 17.2 Å². The molecule has 2 aromatic carbocycles. The van der Waals surface area contributed by atoms with Crippen LogP contribution in [-0.2, 0) is 20.9 Å². The first kappa shape index (κ1) is 35.8. The van der Waals surface area contributed by atoms with Gasteiger partial charge in [-0.05, 0) is 61.9 Å². The lowest BCUT2D eigenvalue weighted by atomic mass is 9.97. The van der Waals surface area contributed by atoms with E-state index in [4.69, 9.17) is 23.9 Å². The van der Waals surface area contributed by atoms with Crippen LogP contribution >= 0.6 is 0 Å². The maximum absolute atomic E-state index is 13.8. The van der Waals surface area contributed by atoms with Gasteiger partial charge in [0.25, 0.3) is 5.91 Å². The van der Waals surface area contributed by atoms with Crippen LogP contribution in [0.5, 0.6) is 17.2 Å². The third-order valence-electron chi connectivity index (χ3n) is 9.85. The van der Waals surface area contributed by atoms with Gasteiger partial charge in [-0.1, -0.05) is 0 Å². The van der Waals surface area contributed by atoms with Gasteiger partial charge in [0, 0.05) is 86.1 Å². The van der Waals surface area contributed by atoms with E-state index in [0.29, 0.717) is 80.5 Å². The standard InChI is InChI=1S/C38H48N6O7/c1-48-17-12-34(46)42-14-5-6-15-44(38(47)27-9-10-30-26(18-27)11-13-39-30)24-33(45)40-21-25-8-7-16-43(22-25)37-28(23-42)19-29-31(41-37)20-32(49-2)36(51-4)35(29)50-3/h9-11,13,18-20,25,39H,5-8,12,14-17,21-24H2,1-4H3,(H,40,45). The van der Waals surface area contributed by atoms with E-state index in [9.17, 15) is 14.4 Å². The average Bonchev–Trinajstić information content (AvgIpc) is 3.63. The van der Waals surface area contributed by atoms with Crippen molar-refractivity contribution in [2.24, 2.45) is 5.92 Å². The first-order valence-corrected chi connectivity index (χ1v) is 17.6. The fraction of sp³-hybridized carbons (Fsp3) is 0.474. The van der Waals surface area contributed by atoms with E-state index in [1.165, 1.54) is 0 Å². The number of carbonyl (C=O) groups is 3. The molecular formula is C38H48N6O7. The van der Waals surface area contributed by atoms with Crippen LogP contribution in [-0.4, -0.2) is 112 Å². The van der Waals surface area contributed by atoms with Gasteiger partial charge in [0.2, 0.25) is 17.6 Å². The number of methoxy groups -OCH3 is 4. The van der Waals surface area contributed by atoms with Gasteiger partial charge in [0.05, 0.1) is 46.4 Å². The van der Waals surface area contributed by atoms with Crippen molar-refractivity contribution in [1.82, 2.24) is 25.1 Å². The Balaban J connectivity index is 1.35. The molecule has 1 atom stereocenters. The van der Waals surface area contributed by atoms with E-state index in [0.717, 1.165) is 47.1 Å². The van der Waals surface area contributed by atoms with Gasteiger partial charge in [-0.25, -0.2) is 4.98 Å². The van der Waals surface area contributed by atoms with Crippen molar-refractivity contribution in [2.45, 2.75) is 38.6 Å². The molecule has 0 aliphatic carbocycles. The van der Waals surface area contributed by atoms with E-state index < -0.39 is 0 Å². The minimum atomic E-state index is -0.195. The molecule has 2 aliphatic rings. The van der Waals surface area contributed by atoms with Crippen LogP contribution in [0.25, 0.3) is 21.8 Å². The molecule has 2 bridgehead atoms. The van der Waals surface area contributed by atoms with Crippen molar-refractivity contribution in [2.75, 3.05) is 79.2 Å². The first-order chi connectivity index (χ1) is 24.8. The summed E-state index contributed by atoms with van der Waals surface area (Å²) in [6.45, 7) is 3.36. The highest BCUT2D eigenvalue weighted by Crippen LogP contribution is 2.44. The van der Waals surface area contributed by atoms with E-state index in [-0.39, 0.29) is 36.6 Å². The third kappa shape index (κ3) is 7.98. The zero-order chi connectivity index (χ0) is 35.9. The quantitative estimate of drug-likeness (QED) is 0.288. The smallest absolute Gasteiger partial charge is 0.254 e. The molecule has 4 heterocycles. The molecule has 272 valence electrons. The number of benzene rings is 2. The minimum absolute atomic E-state index is 0.0353. The third-order valence-corrected chi connectivity index (χ3v) is 9.85. The summed E-state index contributed by atoms with van der Waals surface area (Å²) >= 11 is 0. The normalized spacial score (nSPS) is 17.6. The Morgan fingerprint density at radius 2 is 1.71 bits per heavy atom. The maximum atomic E-state index is 13.8. The second-order valence-electron chi connectivity index (χ2n) is 13.2. The fourth-order valence-electron chi connectivity index (χ4n) is 7.20. The van der Waals surface area contributed by atoms with Crippen molar-refractivity contribution in [3.63, 3.8) is 0 Å². The monoisotopic (exact) mass is 700 g/mol. The van der Waals surface area contributed by atoms with Gasteiger partial charge in [-0.3, -0.25) is 14.4 Å². The molecule has 13 nitrogen and oxygen atoms in total. The predicted octanol–water partition coefficient (Wildman–Crippen LogP) is 4.38. The SMILES string of the molecule is COCCC(=O)N1CCCCN(C(=O)c2ccc3[nH]ccc3c2)CC(=O)NCC2CCCN(C2)c2nc3cc(OC)c(OC)c(OC)c3cc2C1. The maximum Gasteiger partial charge on any atom is 0.254 e. The summed E-state index contributed by atoms with van der Waals surface area (Å²) in [4.78, 5) is 55.0. The topological polar surface area (TPSA) is 139 Å². The summed E-state index contributed by atoms with van der Waals surface area (Å²) in [6.07, 6.45) is 5.16. The molecule has 0 saturated carbocycles. The van der Waals surface area contributed by atoms with E-state index in [1.807, 2.05) is 41.4 Å². The summed E-state index contributed by atoms with van der Waals surface area (Å²) in [6, 6.07) is 11.4. The summed E-state index contributed by atoms with van der Waals surface area (Å²) in [5.74, 6) is 2.02. The van der Waals surface area contributed by atoms with Crippen LogP contribution in [0.2, 0.25) is 0 Å². The number of fused-ring (bicyclic) bond motifs is 6. The Hall–Kier alpha value is -5.04. The molecule has 6 rings (SSSR count). The number of ether oxygens (including phenoxy) is 4. The number of nitrogens with one attached hydrogen (secondary N) is 2. The zero-order valence-corrected chi connectivity index (χ0v) is 30.0. The molecule has 51 heavy (non-hydrogen) atoms. The lowest BCUT2D eigenvalue weighted by Crippen LogP contribution is -2.45. The zero-order valence-electron chi connectivity index (χ0n) is 30.0. The lowest BCUT2D eigenvalue weighted by molar-refractivity contribution is -0.132. The summed E-state index contributed by atoms with van der Waals surface area (Å²) in [5, 5.41) is 4.81. The second kappa shape index (κ2) is 16.3.